The van der Waals surface area contributed by atoms with E-state index in [0.29, 0.717) is 18.7 Å². The van der Waals surface area contributed by atoms with Crippen LogP contribution in [0.3, 0.4) is 0 Å². The number of nitrogens with two attached hydrogens (primary N) is 1. The molecule has 4 rings (SSSR count). The second-order valence-corrected chi connectivity index (χ2v) is 6.54. The number of benzene rings is 1. The van der Waals surface area contributed by atoms with E-state index in [9.17, 15) is 9.59 Å². The topological polar surface area (TPSA) is 116 Å². The number of aromatic nitrogens is 4. The Hall–Kier alpha value is -3.49. The Morgan fingerprint density at radius 2 is 2.00 bits per heavy atom. The van der Waals surface area contributed by atoms with Crippen molar-refractivity contribution in [3.05, 3.63) is 42.5 Å². The molecule has 1 aliphatic heterocycles. The average molecular weight is 382 g/mol. The maximum atomic E-state index is 11.4. The smallest absolute Gasteiger partial charge is 0.286 e. The third-order valence-electron chi connectivity index (χ3n) is 4.22. The number of amides is 2. The van der Waals surface area contributed by atoms with Crippen LogP contribution in [-0.4, -0.2) is 45.2 Å². The summed E-state index contributed by atoms with van der Waals surface area (Å²) in [6.45, 7) is 4.44. The van der Waals surface area contributed by atoms with Crippen LogP contribution in [0.5, 0.6) is 5.75 Å². The van der Waals surface area contributed by atoms with Crippen molar-refractivity contribution in [2.24, 2.45) is 5.73 Å². The number of anilines is 1. The molecule has 0 saturated carbocycles. The SMILES string of the molecule is CC(C)n1ncc2cnc(C(N)=O)nc21.CN1C(=O)CCOc2ccccc21. The molecule has 3 aromatic rings. The van der Waals surface area contributed by atoms with Gasteiger partial charge in [0.05, 0.1) is 30.3 Å². The van der Waals surface area contributed by atoms with Gasteiger partial charge in [0, 0.05) is 19.3 Å². The first-order valence-corrected chi connectivity index (χ1v) is 8.87. The van der Waals surface area contributed by atoms with E-state index in [4.69, 9.17) is 10.5 Å². The van der Waals surface area contributed by atoms with Gasteiger partial charge >= 0.3 is 0 Å². The number of primary amides is 1. The van der Waals surface area contributed by atoms with Gasteiger partial charge in [-0.05, 0) is 26.0 Å². The number of carbonyl (C=O) groups excluding carboxylic acids is 2. The van der Waals surface area contributed by atoms with E-state index in [1.54, 1.807) is 29.0 Å². The summed E-state index contributed by atoms with van der Waals surface area (Å²) in [5, 5.41) is 4.96. The maximum absolute atomic E-state index is 11.4. The molecule has 2 N–H and O–H groups in total. The molecule has 3 heterocycles. The molecule has 1 aliphatic rings. The molecule has 0 spiro atoms. The van der Waals surface area contributed by atoms with Crippen molar-refractivity contribution in [3.63, 3.8) is 0 Å². The van der Waals surface area contributed by atoms with Gasteiger partial charge < -0.3 is 15.4 Å². The lowest BCUT2D eigenvalue weighted by Crippen LogP contribution is -2.24. The third-order valence-corrected chi connectivity index (χ3v) is 4.22. The van der Waals surface area contributed by atoms with Gasteiger partial charge in [-0.3, -0.25) is 9.59 Å². The Labute approximate surface area is 162 Å². The second kappa shape index (κ2) is 8.03. The van der Waals surface area contributed by atoms with Gasteiger partial charge in [0.25, 0.3) is 5.91 Å². The molecule has 1 aromatic carbocycles. The Bertz CT molecular complexity index is 1010. The van der Waals surface area contributed by atoms with E-state index in [0.717, 1.165) is 16.8 Å². The van der Waals surface area contributed by atoms with E-state index in [-0.39, 0.29) is 17.8 Å². The minimum atomic E-state index is -0.631. The summed E-state index contributed by atoms with van der Waals surface area (Å²) in [4.78, 5) is 31.9. The lowest BCUT2D eigenvalue weighted by Gasteiger charge is -2.15. The number of rotatable bonds is 2. The fraction of sp³-hybridized carbons (Fsp3) is 0.316. The zero-order valence-electron chi connectivity index (χ0n) is 16.0. The van der Waals surface area contributed by atoms with Crippen LogP contribution in [0.2, 0.25) is 0 Å². The third kappa shape index (κ3) is 3.93. The summed E-state index contributed by atoms with van der Waals surface area (Å²) >= 11 is 0. The monoisotopic (exact) mass is 382 g/mol. The summed E-state index contributed by atoms with van der Waals surface area (Å²) in [5.41, 5.74) is 6.59. The highest BCUT2D eigenvalue weighted by Crippen LogP contribution is 2.29. The number of ether oxygens (including phenoxy) is 1. The molecule has 0 fully saturated rings. The molecule has 0 radical (unpaired) electrons. The average Bonchev–Trinajstić information content (AvgIpc) is 3.05. The quantitative estimate of drug-likeness (QED) is 0.724. The van der Waals surface area contributed by atoms with Crippen LogP contribution >= 0.6 is 0 Å². The Kier molecular flexibility index (Phi) is 5.53. The van der Waals surface area contributed by atoms with Gasteiger partial charge in [-0.15, -0.1) is 0 Å². The highest BCUT2D eigenvalue weighted by Gasteiger charge is 2.18. The normalized spacial score (nSPS) is 13.4. The van der Waals surface area contributed by atoms with Crippen LogP contribution in [0, 0.1) is 0 Å². The molecule has 9 nitrogen and oxygen atoms in total. The number of hydrogen-bond donors (Lipinski definition) is 1. The van der Waals surface area contributed by atoms with Crippen LogP contribution < -0.4 is 15.4 Å². The molecular weight excluding hydrogens is 360 g/mol. The first kappa shape index (κ1) is 19.3. The van der Waals surface area contributed by atoms with Gasteiger partial charge in [-0.1, -0.05) is 12.1 Å². The van der Waals surface area contributed by atoms with Crippen molar-refractivity contribution in [1.29, 1.82) is 0 Å². The van der Waals surface area contributed by atoms with Gasteiger partial charge in [0.1, 0.15) is 5.75 Å². The summed E-state index contributed by atoms with van der Waals surface area (Å²) in [7, 11) is 1.77. The highest BCUT2D eigenvalue weighted by atomic mass is 16.5. The first-order chi connectivity index (χ1) is 13.4. The first-order valence-electron chi connectivity index (χ1n) is 8.87. The largest absolute Gasteiger partial charge is 0.491 e. The van der Waals surface area contributed by atoms with E-state index >= 15 is 0 Å². The second-order valence-electron chi connectivity index (χ2n) is 6.54. The number of nitrogens with zero attached hydrogens (tertiary/aromatic N) is 5. The van der Waals surface area contributed by atoms with E-state index in [2.05, 4.69) is 15.1 Å². The van der Waals surface area contributed by atoms with E-state index in [1.165, 1.54) is 0 Å². The van der Waals surface area contributed by atoms with E-state index < -0.39 is 5.91 Å². The van der Waals surface area contributed by atoms with Crippen LogP contribution in [0.15, 0.2) is 36.7 Å². The van der Waals surface area contributed by atoms with Crippen molar-refractivity contribution < 1.29 is 14.3 Å². The molecule has 2 amide bonds. The predicted molar refractivity (Wildman–Crippen MR) is 104 cm³/mol. The minimum Gasteiger partial charge on any atom is -0.491 e. The summed E-state index contributed by atoms with van der Waals surface area (Å²) < 4.78 is 7.15. The van der Waals surface area contributed by atoms with Gasteiger partial charge in [0.15, 0.2) is 5.65 Å². The van der Waals surface area contributed by atoms with Gasteiger partial charge in [0.2, 0.25) is 11.7 Å². The number of para-hydroxylation sites is 2. The highest BCUT2D eigenvalue weighted by molar-refractivity contribution is 5.95. The fourth-order valence-corrected chi connectivity index (χ4v) is 2.74. The van der Waals surface area contributed by atoms with Crippen LogP contribution in [0.1, 0.15) is 36.9 Å². The van der Waals surface area contributed by atoms with Crippen molar-refractivity contribution in [1.82, 2.24) is 19.7 Å². The van der Waals surface area contributed by atoms with Crippen LogP contribution in [0.25, 0.3) is 11.0 Å². The zero-order valence-corrected chi connectivity index (χ0v) is 16.0. The Morgan fingerprint density at radius 1 is 1.25 bits per heavy atom. The van der Waals surface area contributed by atoms with Gasteiger partial charge in [-0.2, -0.15) is 5.10 Å². The number of carbonyl (C=O) groups is 2. The Balaban J connectivity index is 0.000000162. The number of hydrogen-bond acceptors (Lipinski definition) is 6. The van der Waals surface area contributed by atoms with E-state index in [1.807, 2.05) is 38.1 Å². The zero-order chi connectivity index (χ0) is 20.3. The van der Waals surface area contributed by atoms with Crippen molar-refractivity contribution in [3.8, 4) is 5.75 Å². The van der Waals surface area contributed by atoms with Crippen molar-refractivity contribution in [2.75, 3.05) is 18.6 Å². The predicted octanol–water partition coefficient (Wildman–Crippen LogP) is 1.94. The lowest BCUT2D eigenvalue weighted by molar-refractivity contribution is -0.118. The molecule has 146 valence electrons. The standard InChI is InChI=1S/C10H11NO2.C9H11N5O/c1-11-8-4-2-3-5-9(8)13-7-6-10(11)12;1-5(2)14-9-6(4-12-14)3-11-8(13-9)7(10)15/h2-5H,6-7H2,1H3;3-5H,1-2H3,(H2,10,15). The van der Waals surface area contributed by atoms with Crippen molar-refractivity contribution in [2.45, 2.75) is 26.3 Å². The molecule has 2 aromatic heterocycles. The summed E-state index contributed by atoms with van der Waals surface area (Å²) in [6.07, 6.45) is 3.67. The summed E-state index contributed by atoms with van der Waals surface area (Å²) in [5.74, 6) is 0.277. The lowest BCUT2D eigenvalue weighted by atomic mass is 10.2. The summed E-state index contributed by atoms with van der Waals surface area (Å²) in [6, 6.07) is 7.75. The molecule has 0 bridgehead atoms. The molecule has 0 unspecified atom stereocenters. The fourth-order valence-electron chi connectivity index (χ4n) is 2.74. The molecular formula is C19H22N6O3. The Morgan fingerprint density at radius 3 is 2.71 bits per heavy atom. The van der Waals surface area contributed by atoms with Crippen LogP contribution in [-0.2, 0) is 4.79 Å². The van der Waals surface area contributed by atoms with Crippen LogP contribution in [0.4, 0.5) is 5.69 Å². The maximum Gasteiger partial charge on any atom is 0.286 e. The van der Waals surface area contributed by atoms with Gasteiger partial charge in [-0.25, -0.2) is 14.6 Å². The minimum absolute atomic E-state index is 0.0184. The molecule has 0 atom stereocenters. The number of fused-ring (bicyclic) bond motifs is 2. The van der Waals surface area contributed by atoms with Crippen molar-refractivity contribution >= 4 is 28.5 Å². The molecule has 9 heteroatoms. The molecule has 0 saturated heterocycles. The molecule has 28 heavy (non-hydrogen) atoms. The molecule has 0 aliphatic carbocycles.